The summed E-state index contributed by atoms with van der Waals surface area (Å²) in [7, 11) is 0. The van der Waals surface area contributed by atoms with Gasteiger partial charge in [0.2, 0.25) is 0 Å². The molecular weight excluding hydrogens is 622 g/mol. The van der Waals surface area contributed by atoms with E-state index in [0.717, 1.165) is 46.5 Å². The lowest BCUT2D eigenvalue weighted by Crippen LogP contribution is -2.59. The van der Waals surface area contributed by atoms with E-state index in [1.165, 1.54) is 17.4 Å². The van der Waals surface area contributed by atoms with Gasteiger partial charge < -0.3 is 25.0 Å². The van der Waals surface area contributed by atoms with Crippen molar-refractivity contribution in [3.05, 3.63) is 79.0 Å². The molecule has 0 radical (unpaired) electrons. The van der Waals surface area contributed by atoms with Gasteiger partial charge in [-0.1, -0.05) is 64.3 Å². The topological polar surface area (TPSA) is 75.7 Å². The van der Waals surface area contributed by atoms with Crippen LogP contribution in [0.3, 0.4) is 0 Å². The first-order valence-corrected chi connectivity index (χ1v) is 15.8. The van der Waals surface area contributed by atoms with Gasteiger partial charge in [0.1, 0.15) is 13.2 Å². The molecule has 1 unspecified atom stereocenters. The Balaban J connectivity index is 1.21. The molecule has 2 fully saturated rings. The van der Waals surface area contributed by atoms with Crippen molar-refractivity contribution >= 4 is 57.6 Å². The summed E-state index contributed by atoms with van der Waals surface area (Å²) in [6.45, 7) is 3.93. The molecular formula is C30H30Cl3FN4O3S. The lowest BCUT2D eigenvalue weighted by molar-refractivity contribution is -0.128. The molecule has 2 N–H and O–H groups in total. The number of fused-ring (bicyclic) bond motifs is 2. The summed E-state index contributed by atoms with van der Waals surface area (Å²) in [6, 6.07) is 8.72. The number of aryl methyl sites for hydroxylation is 1. The van der Waals surface area contributed by atoms with Gasteiger partial charge >= 0.3 is 0 Å². The van der Waals surface area contributed by atoms with Crippen LogP contribution < -0.4 is 20.1 Å². The number of thiazole rings is 1. The molecule has 222 valence electrons. The molecule has 2 atom stereocenters. The van der Waals surface area contributed by atoms with Gasteiger partial charge in [-0.2, -0.15) is 0 Å². The Bertz CT molecular complexity index is 1530. The highest BCUT2D eigenvalue weighted by Crippen LogP contribution is 2.40. The SMILES string of the molecule is Cc1ccc(F)c(OCCOc2ncc(C3=C(C(=O)N(Cc4cccc(Cl)c4Cl)C4CC4)[C@H]4CNCC(C3)N4)s2)c1Cl. The number of benzene rings is 2. The van der Waals surface area contributed by atoms with Crippen molar-refractivity contribution in [2.24, 2.45) is 0 Å². The number of carbonyl (C=O) groups is 1. The molecule has 3 aromatic rings. The minimum atomic E-state index is -0.518. The van der Waals surface area contributed by atoms with E-state index in [1.807, 2.05) is 17.0 Å². The second-order valence-corrected chi connectivity index (χ2v) is 12.9. The maximum atomic E-state index is 14.3. The molecule has 2 aliphatic heterocycles. The molecule has 1 saturated carbocycles. The third-order valence-corrected chi connectivity index (χ3v) is 10.0. The van der Waals surface area contributed by atoms with Crippen LogP contribution in [0, 0.1) is 12.7 Å². The molecule has 1 aromatic heterocycles. The van der Waals surface area contributed by atoms with Crippen LogP contribution in [-0.4, -0.2) is 60.2 Å². The molecule has 6 rings (SSSR count). The fourth-order valence-electron chi connectivity index (χ4n) is 5.46. The van der Waals surface area contributed by atoms with Crippen molar-refractivity contribution < 1.29 is 18.7 Å². The zero-order chi connectivity index (χ0) is 29.4. The molecule has 42 heavy (non-hydrogen) atoms. The Morgan fingerprint density at radius 2 is 1.93 bits per heavy atom. The number of hydrogen-bond donors (Lipinski definition) is 2. The number of piperazine rings is 1. The summed E-state index contributed by atoms with van der Waals surface area (Å²) in [5, 5.41) is 8.77. The molecule has 2 aromatic carbocycles. The standard InChI is InChI=1S/C30H30Cl3FN4O3S/c1-16-5-8-22(34)28(26(16)32)40-9-10-41-30-36-14-24(42-30)20-11-18-12-35-13-23(37-18)25(20)29(39)38(19-6-7-19)15-17-3-2-4-21(31)27(17)33/h2-5,8,14,18-19,23,35,37H,6-7,9-13,15H2,1H3/t18?,23-/m1/s1. The number of nitrogens with one attached hydrogen (secondary N) is 2. The summed E-state index contributed by atoms with van der Waals surface area (Å²) in [5.41, 5.74) is 3.31. The first-order chi connectivity index (χ1) is 20.3. The van der Waals surface area contributed by atoms with E-state index in [9.17, 15) is 9.18 Å². The highest BCUT2D eigenvalue weighted by Gasteiger charge is 2.41. The van der Waals surface area contributed by atoms with Crippen LogP contribution in [0.2, 0.25) is 15.1 Å². The van der Waals surface area contributed by atoms with Crippen LogP contribution in [0.15, 0.2) is 42.1 Å². The van der Waals surface area contributed by atoms with Gasteiger partial charge in [-0.15, -0.1) is 0 Å². The molecule has 3 heterocycles. The van der Waals surface area contributed by atoms with Crippen LogP contribution in [0.5, 0.6) is 10.9 Å². The number of halogens is 4. The maximum absolute atomic E-state index is 14.3. The van der Waals surface area contributed by atoms with Gasteiger partial charge in [-0.05, 0) is 55.0 Å². The predicted molar refractivity (Wildman–Crippen MR) is 164 cm³/mol. The van der Waals surface area contributed by atoms with Gasteiger partial charge in [0.25, 0.3) is 11.1 Å². The highest BCUT2D eigenvalue weighted by molar-refractivity contribution is 7.14. The molecule has 0 spiro atoms. The van der Waals surface area contributed by atoms with Crippen LogP contribution in [0.1, 0.15) is 35.3 Å². The summed E-state index contributed by atoms with van der Waals surface area (Å²) in [6.07, 6.45) is 4.38. The summed E-state index contributed by atoms with van der Waals surface area (Å²) < 4.78 is 25.5. The van der Waals surface area contributed by atoms with Crippen molar-refractivity contribution in [1.29, 1.82) is 0 Å². The highest BCUT2D eigenvalue weighted by atomic mass is 35.5. The van der Waals surface area contributed by atoms with E-state index < -0.39 is 5.82 Å². The molecule has 1 amide bonds. The quantitative estimate of drug-likeness (QED) is 0.251. The molecule has 12 heteroatoms. The minimum Gasteiger partial charge on any atom is -0.485 e. The molecule has 3 aliphatic rings. The summed E-state index contributed by atoms with van der Waals surface area (Å²) >= 11 is 20.4. The normalized spacial score (nSPS) is 20.0. The third-order valence-electron chi connectivity index (χ3n) is 7.73. The third kappa shape index (κ3) is 6.27. The van der Waals surface area contributed by atoms with Crippen molar-refractivity contribution in [2.45, 2.75) is 50.9 Å². The van der Waals surface area contributed by atoms with Gasteiger partial charge in [-0.3, -0.25) is 4.79 Å². The monoisotopic (exact) mass is 650 g/mol. The van der Waals surface area contributed by atoms with E-state index in [2.05, 4.69) is 15.6 Å². The number of aromatic nitrogens is 1. The lowest BCUT2D eigenvalue weighted by atomic mass is 9.86. The van der Waals surface area contributed by atoms with E-state index in [4.69, 9.17) is 44.3 Å². The lowest BCUT2D eigenvalue weighted by Gasteiger charge is -2.40. The Morgan fingerprint density at radius 1 is 1.12 bits per heavy atom. The van der Waals surface area contributed by atoms with Gasteiger partial charge in [0, 0.05) is 43.5 Å². The van der Waals surface area contributed by atoms with E-state index in [0.29, 0.717) is 34.7 Å². The molecule has 2 bridgehead atoms. The zero-order valence-corrected chi connectivity index (χ0v) is 26.0. The molecule has 1 saturated heterocycles. The number of rotatable bonds is 10. The first kappa shape index (κ1) is 29.7. The van der Waals surface area contributed by atoms with Gasteiger partial charge in [-0.25, -0.2) is 9.37 Å². The zero-order valence-electron chi connectivity index (χ0n) is 22.9. The minimum absolute atomic E-state index is 0.00419. The summed E-state index contributed by atoms with van der Waals surface area (Å²) in [4.78, 5) is 21.6. The first-order valence-electron chi connectivity index (χ1n) is 13.9. The van der Waals surface area contributed by atoms with Crippen LogP contribution in [0.25, 0.3) is 5.57 Å². The number of ether oxygens (including phenoxy) is 2. The van der Waals surface area contributed by atoms with Gasteiger partial charge in [0.15, 0.2) is 11.6 Å². The average Bonchev–Trinajstić information content (AvgIpc) is 3.71. The Morgan fingerprint density at radius 3 is 2.74 bits per heavy atom. The van der Waals surface area contributed by atoms with Crippen molar-refractivity contribution in [3.63, 3.8) is 0 Å². The number of amides is 1. The Hall–Kier alpha value is -2.40. The fourth-order valence-corrected chi connectivity index (χ4v) is 6.91. The largest absolute Gasteiger partial charge is 0.485 e. The fraction of sp³-hybridized carbons (Fsp3) is 0.400. The van der Waals surface area contributed by atoms with E-state index in [1.54, 1.807) is 25.3 Å². The summed E-state index contributed by atoms with van der Waals surface area (Å²) in [5.74, 6) is -0.498. The second kappa shape index (κ2) is 12.7. The number of carbonyl (C=O) groups excluding carboxylic acids is 1. The number of nitrogens with zero attached hydrogens (tertiary/aromatic N) is 2. The Kier molecular flexibility index (Phi) is 8.96. The smallest absolute Gasteiger partial charge is 0.273 e. The van der Waals surface area contributed by atoms with Crippen molar-refractivity contribution in [1.82, 2.24) is 20.5 Å². The van der Waals surface area contributed by atoms with Gasteiger partial charge in [0.05, 0.1) is 26.0 Å². The van der Waals surface area contributed by atoms with E-state index in [-0.39, 0.29) is 48.0 Å². The van der Waals surface area contributed by atoms with Crippen LogP contribution in [0.4, 0.5) is 4.39 Å². The average molecular weight is 652 g/mol. The van der Waals surface area contributed by atoms with Crippen molar-refractivity contribution in [2.75, 3.05) is 26.3 Å². The second-order valence-electron chi connectivity index (χ2n) is 10.7. The predicted octanol–water partition coefficient (Wildman–Crippen LogP) is 6.29. The molecule has 1 aliphatic carbocycles. The Labute approximate surface area is 262 Å². The molecule has 7 nitrogen and oxygen atoms in total. The maximum Gasteiger partial charge on any atom is 0.273 e. The number of hydrogen-bond acceptors (Lipinski definition) is 7. The van der Waals surface area contributed by atoms with Crippen molar-refractivity contribution in [3.8, 4) is 10.9 Å². The van der Waals surface area contributed by atoms with Crippen LogP contribution in [-0.2, 0) is 11.3 Å². The van der Waals surface area contributed by atoms with Crippen LogP contribution >= 0.6 is 46.1 Å². The van der Waals surface area contributed by atoms with E-state index >= 15 is 0 Å².